The molecule has 0 aromatic carbocycles. The fourth-order valence-electron chi connectivity index (χ4n) is 0.831. The van der Waals surface area contributed by atoms with Crippen LogP contribution in [0.15, 0.2) is 0 Å². The van der Waals surface area contributed by atoms with Gasteiger partial charge in [-0.3, -0.25) is 0 Å². The van der Waals surface area contributed by atoms with Gasteiger partial charge in [0.15, 0.2) is 0 Å². The van der Waals surface area contributed by atoms with Crippen LogP contribution in [-0.2, 0) is 3.07 Å². The monoisotopic (exact) mass is 519 g/mol. The Balaban J connectivity index is -0.000000167. The first kappa shape index (κ1) is 25.4. The van der Waals surface area contributed by atoms with Crippen molar-refractivity contribution in [3.8, 4) is 0 Å². The zero-order chi connectivity index (χ0) is 8.69. The van der Waals surface area contributed by atoms with Crippen LogP contribution < -0.4 is 56.7 Å². The summed E-state index contributed by atoms with van der Waals surface area (Å²) >= 11 is 2.95. The molecule has 2 atom stereocenters. The number of rotatable bonds is 6. The summed E-state index contributed by atoms with van der Waals surface area (Å²) in [5, 5.41) is 0. The van der Waals surface area contributed by atoms with Crippen molar-refractivity contribution < 1.29 is 54.0 Å². The molecule has 0 saturated heterocycles. The van der Waals surface area contributed by atoms with Crippen LogP contribution in [0.25, 0.3) is 0 Å². The summed E-state index contributed by atoms with van der Waals surface area (Å²) in [6.07, 6.45) is 5.50. The zero-order valence-electron chi connectivity index (χ0n) is 8.30. The molecule has 0 amide bonds. The zero-order valence-corrected chi connectivity index (χ0v) is 16.7. The Morgan fingerprint density at radius 1 is 1.29 bits per heavy atom. The van der Waals surface area contributed by atoms with Crippen LogP contribution in [0.3, 0.4) is 0 Å². The minimum Gasteiger partial charge on any atom is -1.00 e. The molecule has 0 saturated carbocycles. The Morgan fingerprint density at radius 3 is 2.07 bits per heavy atom. The summed E-state index contributed by atoms with van der Waals surface area (Å²) in [5.74, 6) is 0. The summed E-state index contributed by atoms with van der Waals surface area (Å²) in [4.78, 5) is 0. The van der Waals surface area contributed by atoms with E-state index in [9.17, 15) is 0 Å². The van der Waals surface area contributed by atoms with Gasteiger partial charge < -0.3 is 50.9 Å². The van der Waals surface area contributed by atoms with Crippen molar-refractivity contribution in [3.05, 3.63) is 0 Å². The summed E-state index contributed by atoms with van der Waals surface area (Å²) in [5.41, 5.74) is 6.01. The second-order valence-corrected chi connectivity index (χ2v) is 4.36. The van der Waals surface area contributed by atoms with Crippen LogP contribution in [0.4, 0.5) is 0 Å². The first-order chi connectivity index (χ1) is 5.20. The molecule has 0 rings (SSSR count). The van der Waals surface area contributed by atoms with Crippen LogP contribution in [0.2, 0.25) is 0 Å². The Kier molecular flexibility index (Phi) is 32.4. The fourth-order valence-corrected chi connectivity index (χ4v) is 2.49. The van der Waals surface area contributed by atoms with Gasteiger partial charge >= 0.3 is 87.4 Å². The van der Waals surface area contributed by atoms with E-state index in [0.717, 1.165) is 35.8 Å². The molecule has 0 heterocycles. The molecule has 2 unspecified atom stereocenters. The largest absolute Gasteiger partial charge is 1.00 e. The van der Waals surface area contributed by atoms with E-state index < -0.39 is 0 Å². The van der Waals surface area contributed by atoms with Gasteiger partial charge in [0.05, 0.1) is 0 Å². The molecule has 0 spiro atoms. The topological polar surface area (TPSA) is 35.2 Å². The van der Waals surface area contributed by atoms with E-state index in [1.807, 2.05) is 6.92 Å². The smallest absolute Gasteiger partial charge is 1.00 e. The SMILES string of the molecule is CSC(CCCC(C)N)[O][Sn+3].[Br-].[Br-].[Br-]. The molecule has 0 fully saturated rings. The maximum absolute atomic E-state index is 5.62. The Morgan fingerprint density at radius 2 is 1.79 bits per heavy atom. The third-order valence-corrected chi connectivity index (χ3v) is 3.65. The molecule has 0 aliphatic rings. The van der Waals surface area contributed by atoms with E-state index in [0.29, 0.717) is 11.5 Å². The molecular formula is C7H16Br3NOSSn. The third kappa shape index (κ3) is 16.9. The predicted octanol–water partition coefficient (Wildman–Crippen LogP) is -7.69. The van der Waals surface area contributed by atoms with Gasteiger partial charge in [-0.15, -0.1) is 0 Å². The molecule has 0 radical (unpaired) electrons. The summed E-state index contributed by atoms with van der Waals surface area (Å²) in [6.45, 7) is 2.05. The van der Waals surface area contributed by atoms with Crippen molar-refractivity contribution in [1.82, 2.24) is 0 Å². The molecule has 0 aliphatic carbocycles. The van der Waals surface area contributed by atoms with Crippen LogP contribution in [0, 0.1) is 0 Å². The molecule has 14 heavy (non-hydrogen) atoms. The molecule has 0 aliphatic heterocycles. The van der Waals surface area contributed by atoms with Crippen molar-refractivity contribution in [2.24, 2.45) is 5.73 Å². The number of thioether (sulfide) groups is 1. The molecule has 0 bridgehead atoms. The van der Waals surface area contributed by atoms with Gasteiger partial charge in [0.2, 0.25) is 0 Å². The van der Waals surface area contributed by atoms with E-state index in [2.05, 4.69) is 6.26 Å². The Bertz CT molecular complexity index is 99.0. The predicted molar refractivity (Wildman–Crippen MR) is 51.6 cm³/mol. The molecule has 86 valence electrons. The summed E-state index contributed by atoms with van der Waals surface area (Å²) < 4.78 is 5.29. The second kappa shape index (κ2) is 17.9. The molecule has 2 nitrogen and oxygen atoms in total. The maximum atomic E-state index is 5.62. The van der Waals surface area contributed by atoms with Crippen LogP contribution >= 0.6 is 11.8 Å². The molecule has 0 aromatic rings. The van der Waals surface area contributed by atoms with Gasteiger partial charge in [0.1, 0.15) is 0 Å². The minimum atomic E-state index is 0. The van der Waals surface area contributed by atoms with Gasteiger partial charge in [-0.1, -0.05) is 0 Å². The van der Waals surface area contributed by atoms with Crippen molar-refractivity contribution in [2.75, 3.05) is 6.26 Å². The van der Waals surface area contributed by atoms with Gasteiger partial charge in [-0.25, -0.2) is 0 Å². The average Bonchev–Trinajstić information content (AvgIpc) is 1.98. The normalized spacial score (nSPS) is 12.9. The van der Waals surface area contributed by atoms with E-state index >= 15 is 0 Å². The first-order valence-electron chi connectivity index (χ1n) is 3.81. The number of hydrogen-bond acceptors (Lipinski definition) is 3. The van der Waals surface area contributed by atoms with E-state index in [-0.39, 0.29) is 50.9 Å². The standard InChI is InChI=1S/C7H16NOS.3BrH.Sn/c1-6(8)4-3-5-7(9)10-2;;;;/h6-7H,3-5,8H2,1-2H3;3*1H;/q-1;;;;+4/p-3. The minimum absolute atomic E-state index is 0. The Labute approximate surface area is 137 Å². The van der Waals surface area contributed by atoms with Gasteiger partial charge in [-0.2, -0.15) is 0 Å². The fraction of sp³-hybridized carbons (Fsp3) is 1.00. The van der Waals surface area contributed by atoms with E-state index in [1.165, 1.54) is 6.42 Å². The average molecular weight is 521 g/mol. The second-order valence-electron chi connectivity index (χ2n) is 2.69. The summed E-state index contributed by atoms with van der Waals surface area (Å²) in [6, 6.07) is 0.335. The van der Waals surface area contributed by atoms with Gasteiger partial charge in [0, 0.05) is 0 Å². The van der Waals surface area contributed by atoms with Gasteiger partial charge in [0.25, 0.3) is 0 Å². The van der Waals surface area contributed by atoms with Crippen molar-refractivity contribution in [1.29, 1.82) is 0 Å². The number of nitrogens with two attached hydrogens (primary N) is 1. The third-order valence-electron chi connectivity index (χ3n) is 1.49. The van der Waals surface area contributed by atoms with Crippen LogP contribution in [0.1, 0.15) is 26.2 Å². The Hall–Kier alpha value is 2.51. The van der Waals surface area contributed by atoms with E-state index in [1.54, 1.807) is 11.8 Å². The number of hydrogen-bond donors (Lipinski definition) is 1. The quantitative estimate of drug-likeness (QED) is 0.279. The van der Waals surface area contributed by atoms with Crippen molar-refractivity contribution in [2.45, 2.75) is 37.7 Å². The molecule has 7 heteroatoms. The molecule has 0 aromatic heterocycles. The number of halogens is 3. The van der Waals surface area contributed by atoms with E-state index in [4.69, 9.17) is 8.81 Å². The van der Waals surface area contributed by atoms with Crippen molar-refractivity contribution >= 4 is 34.7 Å². The molecular weight excluding hydrogens is 505 g/mol. The van der Waals surface area contributed by atoms with Crippen LogP contribution in [0.5, 0.6) is 0 Å². The van der Waals surface area contributed by atoms with Crippen molar-refractivity contribution in [3.63, 3.8) is 0 Å². The summed E-state index contributed by atoms with van der Waals surface area (Å²) in [7, 11) is 0. The van der Waals surface area contributed by atoms with Crippen LogP contribution in [-0.4, -0.2) is 40.7 Å². The molecule has 2 N–H and O–H groups in total. The maximum Gasteiger partial charge on any atom is -1.00 e. The van der Waals surface area contributed by atoms with Gasteiger partial charge in [-0.05, 0) is 0 Å². The first-order valence-corrected chi connectivity index (χ1v) is 6.26.